The summed E-state index contributed by atoms with van der Waals surface area (Å²) in [5.74, 6) is -0.305. The highest BCUT2D eigenvalue weighted by atomic mass is 79.9. The average molecular weight is 387 g/mol. The molecule has 5 heteroatoms. The molecule has 3 aromatic rings. The maximum Gasteiger partial charge on any atom is 0.267 e. The van der Waals surface area contributed by atoms with Crippen molar-refractivity contribution in [3.8, 4) is 0 Å². The van der Waals surface area contributed by atoms with E-state index in [4.69, 9.17) is 0 Å². The summed E-state index contributed by atoms with van der Waals surface area (Å²) >= 11 is 3.36. The summed E-state index contributed by atoms with van der Waals surface area (Å²) in [5.41, 5.74) is 2.46. The molecule has 2 aromatic carbocycles. The molecule has 0 fully saturated rings. The van der Waals surface area contributed by atoms with Crippen LogP contribution in [-0.2, 0) is 13.1 Å². The van der Waals surface area contributed by atoms with E-state index in [0.29, 0.717) is 17.6 Å². The van der Waals surface area contributed by atoms with Crippen molar-refractivity contribution in [2.75, 3.05) is 5.32 Å². The largest absolute Gasteiger partial charge is 0.380 e. The van der Waals surface area contributed by atoms with Crippen molar-refractivity contribution in [2.24, 2.45) is 0 Å². The Balaban J connectivity index is 1.77. The molecule has 0 aliphatic rings. The van der Waals surface area contributed by atoms with Gasteiger partial charge >= 0.3 is 0 Å². The molecule has 1 heterocycles. The third-order valence-electron chi connectivity index (χ3n) is 3.67. The monoisotopic (exact) mass is 386 g/mol. The molecular formula is C19H16BrFN2O. The number of halogens is 2. The van der Waals surface area contributed by atoms with E-state index < -0.39 is 0 Å². The minimum Gasteiger partial charge on any atom is -0.380 e. The van der Waals surface area contributed by atoms with E-state index in [9.17, 15) is 9.18 Å². The van der Waals surface area contributed by atoms with Crippen LogP contribution in [0.2, 0.25) is 0 Å². The highest BCUT2D eigenvalue weighted by Crippen LogP contribution is 2.19. The Bertz CT molecular complexity index is 893. The summed E-state index contributed by atoms with van der Waals surface area (Å²) in [7, 11) is 0. The fourth-order valence-electron chi connectivity index (χ4n) is 2.43. The van der Waals surface area contributed by atoms with Gasteiger partial charge in [-0.3, -0.25) is 4.79 Å². The van der Waals surface area contributed by atoms with Gasteiger partial charge in [0.25, 0.3) is 5.56 Å². The first kappa shape index (κ1) is 16.5. The Morgan fingerprint density at radius 3 is 2.50 bits per heavy atom. The van der Waals surface area contributed by atoms with Gasteiger partial charge in [0.05, 0.1) is 12.2 Å². The second-order valence-corrected chi connectivity index (χ2v) is 6.24. The van der Waals surface area contributed by atoms with Gasteiger partial charge in [-0.2, -0.15) is 0 Å². The number of aromatic nitrogens is 1. The van der Waals surface area contributed by atoms with E-state index in [1.165, 1.54) is 12.1 Å². The lowest BCUT2D eigenvalue weighted by molar-refractivity contribution is 0.622. The Morgan fingerprint density at radius 2 is 1.75 bits per heavy atom. The SMILES string of the molecule is O=c1c(Br)c(NCc2ccccc2)ccn1Cc1cccc(F)c1. The minimum atomic E-state index is -0.305. The molecule has 0 spiro atoms. The number of hydrogen-bond donors (Lipinski definition) is 1. The van der Waals surface area contributed by atoms with Crippen molar-refractivity contribution >= 4 is 21.6 Å². The van der Waals surface area contributed by atoms with Crippen molar-refractivity contribution in [2.45, 2.75) is 13.1 Å². The molecule has 1 N–H and O–H groups in total. The van der Waals surface area contributed by atoms with Crippen LogP contribution in [-0.4, -0.2) is 4.57 Å². The molecule has 3 rings (SSSR count). The molecule has 24 heavy (non-hydrogen) atoms. The maximum absolute atomic E-state index is 13.3. The van der Waals surface area contributed by atoms with Gasteiger partial charge in [0, 0.05) is 12.7 Å². The molecule has 0 aliphatic carbocycles. The van der Waals surface area contributed by atoms with E-state index in [2.05, 4.69) is 21.2 Å². The van der Waals surface area contributed by atoms with Crippen LogP contribution in [0.4, 0.5) is 10.1 Å². The van der Waals surface area contributed by atoms with Crippen LogP contribution in [0.1, 0.15) is 11.1 Å². The number of nitrogens with one attached hydrogen (secondary N) is 1. The third kappa shape index (κ3) is 3.92. The van der Waals surface area contributed by atoms with Gasteiger partial charge in [-0.05, 0) is 45.3 Å². The maximum atomic E-state index is 13.3. The van der Waals surface area contributed by atoms with Gasteiger partial charge in [0.1, 0.15) is 10.3 Å². The highest BCUT2D eigenvalue weighted by molar-refractivity contribution is 9.10. The number of nitrogens with zero attached hydrogens (tertiary/aromatic N) is 1. The van der Waals surface area contributed by atoms with Crippen molar-refractivity contribution in [1.82, 2.24) is 4.57 Å². The van der Waals surface area contributed by atoms with Crippen LogP contribution in [0.3, 0.4) is 0 Å². The lowest BCUT2D eigenvalue weighted by Gasteiger charge is -2.12. The molecular weight excluding hydrogens is 371 g/mol. The van der Waals surface area contributed by atoms with Gasteiger partial charge in [0.2, 0.25) is 0 Å². The molecule has 1 aromatic heterocycles. The van der Waals surface area contributed by atoms with Crippen molar-refractivity contribution in [1.29, 1.82) is 0 Å². The number of hydrogen-bond acceptors (Lipinski definition) is 2. The van der Waals surface area contributed by atoms with Gasteiger partial charge in [0.15, 0.2) is 0 Å². The van der Waals surface area contributed by atoms with Gasteiger partial charge in [-0.25, -0.2) is 4.39 Å². The van der Waals surface area contributed by atoms with Crippen LogP contribution >= 0.6 is 15.9 Å². The van der Waals surface area contributed by atoms with E-state index in [-0.39, 0.29) is 11.4 Å². The second kappa shape index (κ2) is 7.45. The zero-order valence-electron chi connectivity index (χ0n) is 12.9. The zero-order chi connectivity index (χ0) is 16.9. The smallest absolute Gasteiger partial charge is 0.267 e. The van der Waals surface area contributed by atoms with Crippen LogP contribution in [0.15, 0.2) is 76.1 Å². The third-order valence-corrected chi connectivity index (χ3v) is 4.44. The van der Waals surface area contributed by atoms with Crippen molar-refractivity contribution in [3.63, 3.8) is 0 Å². The van der Waals surface area contributed by atoms with E-state index in [1.54, 1.807) is 22.9 Å². The Morgan fingerprint density at radius 1 is 1.00 bits per heavy atom. The molecule has 0 unspecified atom stereocenters. The second-order valence-electron chi connectivity index (χ2n) is 5.45. The van der Waals surface area contributed by atoms with E-state index >= 15 is 0 Å². The molecule has 3 nitrogen and oxygen atoms in total. The number of benzene rings is 2. The van der Waals surface area contributed by atoms with Gasteiger partial charge in [-0.15, -0.1) is 0 Å². The van der Waals surface area contributed by atoms with E-state index in [1.807, 2.05) is 36.4 Å². The van der Waals surface area contributed by atoms with Crippen LogP contribution in [0, 0.1) is 5.82 Å². The Kier molecular flexibility index (Phi) is 5.11. The first-order valence-electron chi connectivity index (χ1n) is 7.54. The average Bonchev–Trinajstić information content (AvgIpc) is 2.59. The summed E-state index contributed by atoms with van der Waals surface area (Å²) in [6, 6.07) is 18.1. The van der Waals surface area contributed by atoms with E-state index in [0.717, 1.165) is 16.8 Å². The van der Waals surface area contributed by atoms with Crippen molar-refractivity contribution < 1.29 is 4.39 Å². The fraction of sp³-hybridized carbons (Fsp3) is 0.105. The van der Waals surface area contributed by atoms with Gasteiger partial charge < -0.3 is 9.88 Å². The highest BCUT2D eigenvalue weighted by Gasteiger charge is 2.08. The first-order chi connectivity index (χ1) is 11.6. The zero-order valence-corrected chi connectivity index (χ0v) is 14.5. The summed E-state index contributed by atoms with van der Waals surface area (Å²) in [6.07, 6.45) is 1.71. The quantitative estimate of drug-likeness (QED) is 0.704. The first-order valence-corrected chi connectivity index (χ1v) is 8.34. The Labute approximate surface area is 147 Å². The predicted molar refractivity (Wildman–Crippen MR) is 97.7 cm³/mol. The van der Waals surface area contributed by atoms with Crippen LogP contribution in [0.5, 0.6) is 0 Å². The molecule has 0 saturated heterocycles. The predicted octanol–water partition coefficient (Wildman–Crippen LogP) is 4.41. The molecule has 0 aliphatic heterocycles. The minimum absolute atomic E-state index is 0.155. The lowest BCUT2D eigenvalue weighted by Crippen LogP contribution is -2.22. The molecule has 122 valence electrons. The molecule has 0 amide bonds. The van der Waals surface area contributed by atoms with Crippen LogP contribution in [0.25, 0.3) is 0 Å². The molecule has 0 atom stereocenters. The summed E-state index contributed by atoms with van der Waals surface area (Å²) in [5, 5.41) is 3.25. The lowest BCUT2D eigenvalue weighted by atomic mass is 10.2. The number of anilines is 1. The number of pyridine rings is 1. The summed E-state index contributed by atoms with van der Waals surface area (Å²) in [4.78, 5) is 12.5. The molecule has 0 bridgehead atoms. The molecule has 0 radical (unpaired) electrons. The van der Waals surface area contributed by atoms with Gasteiger partial charge in [-0.1, -0.05) is 42.5 Å². The normalized spacial score (nSPS) is 10.6. The standard InChI is InChI=1S/C19H16BrFN2O/c20-18-17(22-12-14-5-2-1-3-6-14)9-10-23(19(18)24)13-15-7-4-8-16(21)11-15/h1-11,22H,12-13H2. The Hall–Kier alpha value is -2.40. The summed E-state index contributed by atoms with van der Waals surface area (Å²) in [6.45, 7) is 0.959. The number of rotatable bonds is 5. The van der Waals surface area contributed by atoms with Crippen LogP contribution < -0.4 is 10.9 Å². The van der Waals surface area contributed by atoms with Crippen molar-refractivity contribution in [3.05, 3.63) is 98.6 Å². The fourth-order valence-corrected chi connectivity index (χ4v) is 2.93. The summed E-state index contributed by atoms with van der Waals surface area (Å²) < 4.78 is 15.3. The molecule has 0 saturated carbocycles. The topological polar surface area (TPSA) is 34.0 Å².